The van der Waals surface area contributed by atoms with Gasteiger partial charge in [0.15, 0.2) is 0 Å². The van der Waals surface area contributed by atoms with E-state index in [9.17, 15) is 0 Å². The first-order chi connectivity index (χ1) is 19.6. The van der Waals surface area contributed by atoms with Crippen molar-refractivity contribution in [2.75, 3.05) is 20.8 Å². The molecule has 0 bridgehead atoms. The van der Waals surface area contributed by atoms with Crippen molar-refractivity contribution in [3.8, 4) is 21.3 Å². The largest absolute Gasteiger partial charge is 0.497 e. The fraction of sp³-hybridized carbons (Fsp3) is 0.257. The Morgan fingerprint density at radius 3 is 1.70 bits per heavy atom. The first-order valence-electron chi connectivity index (χ1n) is 13.4. The fourth-order valence-electron chi connectivity index (χ4n) is 4.83. The number of rotatable bonds is 13. The summed E-state index contributed by atoms with van der Waals surface area (Å²) < 4.78 is 27.2. The normalized spacial score (nSPS) is 12.6. The SMILES string of the molecule is COc1ccc(CO[C@H](CCOC(c2ccccc2)(c2ccccc2)c2ccc(OC)cc2)[C@@H](C)C#CI)cc1. The standard InChI is InChI=1S/C35H35IO4/c1-27(22-24-36)34(39-26-28-14-18-32(37-2)19-15-28)23-25-40-35(29-10-6-4-7-11-29,30-12-8-5-9-13-30)31-16-20-33(38-3)21-17-31/h4-21,27,34H,23,25-26H2,1-3H3/t27-,34+/m0/s1. The number of hydrogen-bond acceptors (Lipinski definition) is 4. The number of ether oxygens (including phenoxy) is 4. The Kier molecular flexibility index (Phi) is 11.1. The third kappa shape index (κ3) is 7.25. The van der Waals surface area contributed by atoms with Crippen LogP contribution >= 0.6 is 22.6 Å². The number of benzene rings is 4. The van der Waals surface area contributed by atoms with Crippen molar-refractivity contribution >= 4 is 22.6 Å². The maximum atomic E-state index is 7.02. The van der Waals surface area contributed by atoms with Gasteiger partial charge in [-0.15, -0.1) is 0 Å². The van der Waals surface area contributed by atoms with Crippen LogP contribution in [-0.4, -0.2) is 26.9 Å². The van der Waals surface area contributed by atoms with Crippen molar-refractivity contribution in [3.05, 3.63) is 131 Å². The van der Waals surface area contributed by atoms with Gasteiger partial charge in [-0.25, -0.2) is 0 Å². The molecular weight excluding hydrogens is 611 g/mol. The van der Waals surface area contributed by atoms with E-state index in [0.717, 1.165) is 33.8 Å². The molecule has 0 aliphatic heterocycles. The highest BCUT2D eigenvalue weighted by Crippen LogP contribution is 2.41. The topological polar surface area (TPSA) is 36.9 Å². The third-order valence-corrected chi connectivity index (χ3v) is 7.35. The molecule has 206 valence electrons. The van der Waals surface area contributed by atoms with E-state index in [1.165, 1.54) is 0 Å². The van der Waals surface area contributed by atoms with Gasteiger partial charge in [0.2, 0.25) is 0 Å². The molecule has 0 aromatic heterocycles. The minimum Gasteiger partial charge on any atom is -0.497 e. The van der Waals surface area contributed by atoms with E-state index in [0.29, 0.717) is 19.6 Å². The van der Waals surface area contributed by atoms with E-state index < -0.39 is 5.60 Å². The molecule has 0 fully saturated rings. The monoisotopic (exact) mass is 646 g/mol. The highest BCUT2D eigenvalue weighted by atomic mass is 127. The molecule has 0 heterocycles. The van der Waals surface area contributed by atoms with Crippen molar-refractivity contribution in [2.24, 2.45) is 5.92 Å². The van der Waals surface area contributed by atoms with Crippen molar-refractivity contribution in [1.29, 1.82) is 0 Å². The van der Waals surface area contributed by atoms with Gasteiger partial charge in [0.25, 0.3) is 0 Å². The summed E-state index contributed by atoms with van der Waals surface area (Å²) in [6, 6.07) is 36.9. The van der Waals surface area contributed by atoms with Gasteiger partial charge in [-0.3, -0.25) is 0 Å². The maximum absolute atomic E-state index is 7.02. The molecule has 0 aliphatic carbocycles. The van der Waals surface area contributed by atoms with Crippen LogP contribution in [0.2, 0.25) is 0 Å². The van der Waals surface area contributed by atoms with E-state index in [-0.39, 0.29) is 12.0 Å². The molecule has 5 heteroatoms. The van der Waals surface area contributed by atoms with E-state index in [4.69, 9.17) is 18.9 Å². The van der Waals surface area contributed by atoms with Gasteiger partial charge in [-0.1, -0.05) is 90.8 Å². The highest BCUT2D eigenvalue weighted by Gasteiger charge is 2.38. The van der Waals surface area contributed by atoms with Gasteiger partial charge in [0.1, 0.15) is 17.1 Å². The molecule has 0 saturated heterocycles. The summed E-state index contributed by atoms with van der Waals surface area (Å²) in [6.45, 7) is 3.06. The number of methoxy groups -OCH3 is 2. The zero-order chi connectivity index (χ0) is 28.2. The van der Waals surface area contributed by atoms with E-state index in [2.05, 4.69) is 100 Å². The molecule has 4 rings (SSSR count). The summed E-state index contributed by atoms with van der Waals surface area (Å²) in [7, 11) is 3.35. The van der Waals surface area contributed by atoms with E-state index >= 15 is 0 Å². The van der Waals surface area contributed by atoms with Crippen LogP contribution in [0.4, 0.5) is 0 Å². The molecule has 40 heavy (non-hydrogen) atoms. The third-order valence-electron chi connectivity index (χ3n) is 7.04. The fourth-order valence-corrected chi connectivity index (χ4v) is 5.32. The Balaban J connectivity index is 1.63. The van der Waals surface area contributed by atoms with E-state index in [1.54, 1.807) is 14.2 Å². The summed E-state index contributed by atoms with van der Waals surface area (Å²) in [5, 5.41) is 0. The summed E-state index contributed by atoms with van der Waals surface area (Å²) in [5.41, 5.74) is 3.42. The quantitative estimate of drug-likeness (QED) is 0.0838. The molecule has 4 nitrogen and oxygen atoms in total. The molecule has 2 atom stereocenters. The van der Waals surface area contributed by atoms with Crippen LogP contribution in [0.5, 0.6) is 11.5 Å². The summed E-state index contributed by atoms with van der Waals surface area (Å²) in [4.78, 5) is 0. The molecule has 4 aromatic carbocycles. The summed E-state index contributed by atoms with van der Waals surface area (Å²) in [5.74, 6) is 4.95. The molecule has 0 amide bonds. The van der Waals surface area contributed by atoms with Crippen LogP contribution < -0.4 is 9.47 Å². The molecule has 0 saturated carbocycles. The molecule has 0 spiro atoms. The summed E-state index contributed by atoms with van der Waals surface area (Å²) >= 11 is 2.09. The molecule has 0 aliphatic rings. The predicted molar refractivity (Wildman–Crippen MR) is 169 cm³/mol. The van der Waals surface area contributed by atoms with E-state index in [1.807, 2.05) is 48.5 Å². The zero-order valence-electron chi connectivity index (χ0n) is 23.2. The Hall–Kier alpha value is -3.31. The van der Waals surface area contributed by atoms with Crippen molar-refractivity contribution in [1.82, 2.24) is 0 Å². The lowest BCUT2D eigenvalue weighted by molar-refractivity contribution is -0.0368. The predicted octanol–water partition coefficient (Wildman–Crippen LogP) is 8.02. The highest BCUT2D eigenvalue weighted by molar-refractivity contribution is 14.1. The number of halogens is 1. The second-order valence-corrected chi connectivity index (χ2v) is 10.0. The first-order valence-corrected chi connectivity index (χ1v) is 14.4. The lowest BCUT2D eigenvalue weighted by Crippen LogP contribution is -2.34. The van der Waals surface area contributed by atoms with Crippen LogP contribution in [0, 0.1) is 15.8 Å². The lowest BCUT2D eigenvalue weighted by atomic mass is 9.80. The Morgan fingerprint density at radius 2 is 1.20 bits per heavy atom. The average molecular weight is 647 g/mol. The van der Waals surface area contributed by atoms with Crippen molar-refractivity contribution in [3.63, 3.8) is 0 Å². The zero-order valence-corrected chi connectivity index (χ0v) is 25.3. The van der Waals surface area contributed by atoms with Gasteiger partial charge in [0, 0.05) is 28.5 Å². The van der Waals surface area contributed by atoms with Gasteiger partial charge < -0.3 is 18.9 Å². The van der Waals surface area contributed by atoms with Crippen LogP contribution in [0.15, 0.2) is 109 Å². The van der Waals surface area contributed by atoms with Crippen LogP contribution in [0.3, 0.4) is 0 Å². The van der Waals surface area contributed by atoms with Gasteiger partial charge in [0.05, 0.1) is 33.5 Å². The summed E-state index contributed by atoms with van der Waals surface area (Å²) in [6.07, 6.45) is 0.574. The Labute approximate surface area is 251 Å². The molecular formula is C35H35IO4. The smallest absolute Gasteiger partial charge is 0.143 e. The van der Waals surface area contributed by atoms with Crippen LogP contribution in [0.25, 0.3) is 0 Å². The van der Waals surface area contributed by atoms with Crippen LogP contribution in [0.1, 0.15) is 35.6 Å². The second kappa shape index (κ2) is 14.9. The van der Waals surface area contributed by atoms with Gasteiger partial charge >= 0.3 is 0 Å². The van der Waals surface area contributed by atoms with Crippen molar-refractivity contribution < 1.29 is 18.9 Å². The van der Waals surface area contributed by atoms with Gasteiger partial charge in [-0.05, 0) is 63.8 Å². The minimum absolute atomic E-state index is 0.0441. The van der Waals surface area contributed by atoms with Crippen molar-refractivity contribution in [2.45, 2.75) is 31.7 Å². The maximum Gasteiger partial charge on any atom is 0.143 e. The minimum atomic E-state index is -0.812. The Bertz CT molecular complexity index is 1320. The van der Waals surface area contributed by atoms with Crippen LogP contribution in [-0.2, 0) is 21.7 Å². The Morgan fingerprint density at radius 1 is 0.700 bits per heavy atom. The second-order valence-electron chi connectivity index (χ2n) is 9.50. The molecule has 0 radical (unpaired) electrons. The first kappa shape index (κ1) is 29.7. The lowest BCUT2D eigenvalue weighted by Gasteiger charge is -2.36. The molecule has 0 N–H and O–H groups in total. The number of hydrogen-bond donors (Lipinski definition) is 0. The van der Waals surface area contributed by atoms with Gasteiger partial charge in [-0.2, -0.15) is 0 Å². The average Bonchev–Trinajstić information content (AvgIpc) is 3.02. The molecule has 0 unspecified atom stereocenters. The molecule has 4 aromatic rings.